The first-order valence-electron chi connectivity index (χ1n) is 10.5. The topological polar surface area (TPSA) is 55.6 Å². The van der Waals surface area contributed by atoms with Crippen LogP contribution in [0.3, 0.4) is 0 Å². The molecule has 2 rings (SSSR count). The second-order valence-corrected chi connectivity index (χ2v) is 6.38. The van der Waals surface area contributed by atoms with Gasteiger partial charge < -0.3 is 20.2 Å². The van der Waals surface area contributed by atoms with E-state index >= 15 is 0 Å². The van der Waals surface area contributed by atoms with Crippen molar-refractivity contribution in [2.45, 2.75) is 66.3 Å². The smallest absolute Gasteiger partial charge is 0.126 e. The number of methoxy groups -OCH3 is 1. The Bertz CT molecular complexity index is 462. The number of nitrogens with two attached hydrogens (primary N) is 1. The monoisotopic (exact) mass is 418 g/mol. The Balaban J connectivity index is -0.000000472. The number of halogens is 2. The molecule has 1 aliphatic heterocycles. The van der Waals surface area contributed by atoms with Crippen LogP contribution in [0.5, 0.6) is 0 Å². The summed E-state index contributed by atoms with van der Waals surface area (Å²) in [6.07, 6.45) is 4.21. The van der Waals surface area contributed by atoms with Crippen LogP contribution in [0.2, 0.25) is 0 Å². The summed E-state index contributed by atoms with van der Waals surface area (Å²) < 4.78 is 27.5. The summed E-state index contributed by atoms with van der Waals surface area (Å²) in [5.74, 6) is 0.0316. The first-order valence-corrected chi connectivity index (χ1v) is 10.5. The van der Waals surface area contributed by atoms with Crippen molar-refractivity contribution in [2.75, 3.05) is 40.5 Å². The highest BCUT2D eigenvalue weighted by molar-refractivity contribution is 5.72. The van der Waals surface area contributed by atoms with Gasteiger partial charge in [0.15, 0.2) is 0 Å². The minimum atomic E-state index is -0.135. The van der Waals surface area contributed by atoms with E-state index < -0.39 is 0 Å². The maximum atomic E-state index is 13.4. The van der Waals surface area contributed by atoms with Crippen molar-refractivity contribution in [1.82, 2.24) is 4.90 Å². The van der Waals surface area contributed by atoms with Crippen LogP contribution in [-0.4, -0.2) is 57.3 Å². The molecule has 1 aromatic carbocycles. The quantitative estimate of drug-likeness (QED) is 0.703. The van der Waals surface area contributed by atoms with Crippen molar-refractivity contribution in [2.24, 2.45) is 5.73 Å². The number of carbonyl (C=O) groups excluding carboxylic acids is 1. The number of likely N-dealkylation sites (tertiary alicyclic amines) is 1. The summed E-state index contributed by atoms with van der Waals surface area (Å²) in [6.45, 7) is 13.3. The number of Topliss-reactive ketones (excluding diaryl/α,β-unsaturated/α-hetero) is 1. The van der Waals surface area contributed by atoms with Crippen molar-refractivity contribution in [1.29, 1.82) is 0 Å². The highest BCUT2D eigenvalue weighted by Gasteiger charge is 2.13. The number of carbonyl (C=O) groups is 1. The third-order valence-corrected chi connectivity index (χ3v) is 3.74. The summed E-state index contributed by atoms with van der Waals surface area (Å²) >= 11 is 0. The van der Waals surface area contributed by atoms with Crippen LogP contribution in [0, 0.1) is 5.82 Å². The SMILES string of the molecule is CC.CC(C)=O.CCOC.CF.NC(CCN1CCCC1)Cc1ccccc1F. The Morgan fingerprint density at radius 3 is 2.03 bits per heavy atom. The highest BCUT2D eigenvalue weighted by Crippen LogP contribution is 2.12. The zero-order valence-corrected chi connectivity index (χ0v) is 19.6. The average molecular weight is 419 g/mol. The summed E-state index contributed by atoms with van der Waals surface area (Å²) in [5, 5.41) is 0. The Labute approximate surface area is 177 Å². The average Bonchev–Trinajstić information content (AvgIpc) is 3.25. The first-order chi connectivity index (χ1) is 13.9. The molecule has 6 heteroatoms. The molecule has 1 fully saturated rings. The van der Waals surface area contributed by atoms with Crippen molar-refractivity contribution >= 4 is 5.78 Å². The Hall–Kier alpha value is -1.37. The van der Waals surface area contributed by atoms with Gasteiger partial charge in [0.1, 0.15) is 11.6 Å². The maximum Gasteiger partial charge on any atom is 0.126 e. The number of hydrogen-bond acceptors (Lipinski definition) is 4. The van der Waals surface area contributed by atoms with Gasteiger partial charge in [0.05, 0.1) is 7.18 Å². The molecule has 1 aromatic rings. The zero-order valence-electron chi connectivity index (χ0n) is 19.6. The van der Waals surface area contributed by atoms with Gasteiger partial charge in [-0.2, -0.15) is 0 Å². The van der Waals surface area contributed by atoms with E-state index in [0.29, 0.717) is 13.6 Å². The lowest BCUT2D eigenvalue weighted by Crippen LogP contribution is -2.30. The van der Waals surface area contributed by atoms with Gasteiger partial charge in [-0.25, -0.2) is 4.39 Å². The molecule has 0 spiro atoms. The lowest BCUT2D eigenvalue weighted by Gasteiger charge is -2.18. The molecule has 29 heavy (non-hydrogen) atoms. The number of benzene rings is 1. The fourth-order valence-electron chi connectivity index (χ4n) is 2.40. The molecule has 1 aliphatic rings. The summed E-state index contributed by atoms with van der Waals surface area (Å²) in [4.78, 5) is 11.9. The third kappa shape index (κ3) is 22.8. The molecule has 1 heterocycles. The molecule has 0 aromatic heterocycles. The first kappa shape index (κ1) is 32.3. The van der Waals surface area contributed by atoms with E-state index in [1.54, 1.807) is 13.2 Å². The standard InChI is InChI=1S/C14H21FN2.C3H8O.C3H6O.C2H6.CH3F/c15-14-6-2-1-5-12(14)11-13(16)7-10-17-8-3-4-9-17;1-3-4-2;1-3(2)4;2*1-2/h1-2,5-6,13H,3-4,7-11,16H2;3H2,1-2H3;1-2H3;1-2H3;1H3. The summed E-state index contributed by atoms with van der Waals surface area (Å²) in [5.41, 5.74) is 6.80. The molecule has 0 bridgehead atoms. The fraction of sp³-hybridized carbons (Fsp3) is 0.696. The Morgan fingerprint density at radius 1 is 1.17 bits per heavy atom. The van der Waals surface area contributed by atoms with Crippen molar-refractivity contribution < 1.29 is 18.3 Å². The second-order valence-electron chi connectivity index (χ2n) is 6.38. The normalized spacial score (nSPS) is 13.2. The van der Waals surface area contributed by atoms with E-state index in [9.17, 15) is 13.6 Å². The number of rotatable bonds is 6. The number of alkyl halides is 1. The molecular formula is C23H44F2N2O2. The largest absolute Gasteiger partial charge is 0.385 e. The molecule has 2 N–H and O–H groups in total. The lowest BCUT2D eigenvalue weighted by atomic mass is 10.0. The van der Waals surface area contributed by atoms with Crippen molar-refractivity contribution in [3.63, 3.8) is 0 Å². The van der Waals surface area contributed by atoms with Crippen LogP contribution in [0.25, 0.3) is 0 Å². The minimum absolute atomic E-state index is 0.0625. The molecular weight excluding hydrogens is 374 g/mol. The number of hydrogen-bond donors (Lipinski definition) is 1. The predicted molar refractivity (Wildman–Crippen MR) is 121 cm³/mol. The van der Waals surface area contributed by atoms with Gasteiger partial charge in [0.2, 0.25) is 0 Å². The molecule has 1 saturated heterocycles. The van der Waals surface area contributed by atoms with Crippen LogP contribution in [0.15, 0.2) is 24.3 Å². The van der Waals surface area contributed by atoms with Gasteiger partial charge in [0.25, 0.3) is 0 Å². The molecule has 172 valence electrons. The number of ether oxygens (including phenoxy) is 1. The van der Waals surface area contributed by atoms with Gasteiger partial charge in [-0.05, 0) is 77.7 Å². The van der Waals surface area contributed by atoms with E-state index in [1.807, 2.05) is 32.9 Å². The number of nitrogens with zero attached hydrogens (tertiary/aromatic N) is 1. The molecule has 1 unspecified atom stereocenters. The highest BCUT2D eigenvalue weighted by atomic mass is 19.1. The summed E-state index contributed by atoms with van der Waals surface area (Å²) in [6, 6.07) is 6.97. The molecule has 4 nitrogen and oxygen atoms in total. The molecule has 0 aliphatic carbocycles. The summed E-state index contributed by atoms with van der Waals surface area (Å²) in [7, 11) is 2.18. The van der Waals surface area contributed by atoms with Crippen LogP contribution in [-0.2, 0) is 16.0 Å². The predicted octanol–water partition coefficient (Wildman–Crippen LogP) is 5.04. The van der Waals surface area contributed by atoms with Crippen LogP contribution >= 0.6 is 0 Å². The van der Waals surface area contributed by atoms with Crippen LogP contribution < -0.4 is 5.73 Å². The van der Waals surface area contributed by atoms with Crippen LogP contribution in [0.1, 0.15) is 59.4 Å². The van der Waals surface area contributed by atoms with E-state index in [1.165, 1.54) is 45.8 Å². The van der Waals surface area contributed by atoms with Crippen molar-refractivity contribution in [3.8, 4) is 0 Å². The van der Waals surface area contributed by atoms with Gasteiger partial charge in [-0.3, -0.25) is 4.39 Å². The molecule has 1 atom stereocenters. The van der Waals surface area contributed by atoms with E-state index in [0.717, 1.165) is 25.1 Å². The lowest BCUT2D eigenvalue weighted by molar-refractivity contribution is -0.114. The van der Waals surface area contributed by atoms with E-state index in [-0.39, 0.29) is 17.6 Å². The third-order valence-electron chi connectivity index (χ3n) is 3.74. The fourth-order valence-corrected chi connectivity index (χ4v) is 2.40. The Kier molecular flexibility index (Phi) is 27.5. The van der Waals surface area contributed by atoms with Gasteiger partial charge in [-0.15, -0.1) is 0 Å². The maximum absolute atomic E-state index is 13.4. The van der Waals surface area contributed by atoms with Crippen molar-refractivity contribution in [3.05, 3.63) is 35.6 Å². The van der Waals surface area contributed by atoms with E-state index in [2.05, 4.69) is 9.64 Å². The molecule has 0 radical (unpaired) electrons. The number of ketones is 1. The molecule has 0 saturated carbocycles. The van der Waals surface area contributed by atoms with Crippen LogP contribution in [0.4, 0.5) is 8.78 Å². The van der Waals surface area contributed by atoms with Gasteiger partial charge >= 0.3 is 0 Å². The second kappa shape index (κ2) is 24.7. The zero-order chi connectivity index (χ0) is 23.1. The minimum Gasteiger partial charge on any atom is -0.385 e. The Morgan fingerprint density at radius 2 is 1.62 bits per heavy atom. The van der Waals surface area contributed by atoms with Gasteiger partial charge in [-0.1, -0.05) is 32.0 Å². The van der Waals surface area contributed by atoms with Gasteiger partial charge in [0, 0.05) is 19.8 Å². The molecule has 0 amide bonds. The van der Waals surface area contributed by atoms with E-state index in [4.69, 9.17) is 5.73 Å².